The van der Waals surface area contributed by atoms with Gasteiger partial charge in [-0.3, -0.25) is 4.79 Å². The molecule has 94 valence electrons. The molecule has 0 unspecified atom stereocenters. The zero-order chi connectivity index (χ0) is 13.1. The SMILES string of the molecule is CCN(C(=O)c1cscc1C)c1cccc(N)c1. The molecule has 0 spiro atoms. The van der Waals surface area contributed by atoms with Crippen LogP contribution in [0.3, 0.4) is 0 Å². The van der Waals surface area contributed by atoms with Gasteiger partial charge in [0.05, 0.1) is 5.56 Å². The topological polar surface area (TPSA) is 46.3 Å². The number of hydrogen-bond acceptors (Lipinski definition) is 3. The van der Waals surface area contributed by atoms with Crippen LogP contribution in [0.1, 0.15) is 22.8 Å². The van der Waals surface area contributed by atoms with Crippen LogP contribution in [0.2, 0.25) is 0 Å². The van der Waals surface area contributed by atoms with Gasteiger partial charge in [-0.25, -0.2) is 0 Å². The number of nitrogen functional groups attached to an aromatic ring is 1. The summed E-state index contributed by atoms with van der Waals surface area (Å²) < 4.78 is 0. The van der Waals surface area contributed by atoms with Crippen LogP contribution in [0.4, 0.5) is 11.4 Å². The van der Waals surface area contributed by atoms with Gasteiger partial charge in [-0.15, -0.1) is 0 Å². The zero-order valence-electron chi connectivity index (χ0n) is 10.5. The average Bonchev–Trinajstić information content (AvgIpc) is 2.76. The molecule has 0 aliphatic rings. The lowest BCUT2D eigenvalue weighted by atomic mass is 10.1. The van der Waals surface area contributed by atoms with Crippen molar-refractivity contribution in [1.29, 1.82) is 0 Å². The van der Waals surface area contributed by atoms with E-state index in [0.717, 1.165) is 16.8 Å². The summed E-state index contributed by atoms with van der Waals surface area (Å²) >= 11 is 1.55. The number of nitrogens with zero attached hydrogens (tertiary/aromatic N) is 1. The first kappa shape index (κ1) is 12.6. The molecule has 4 heteroatoms. The number of hydrogen-bond donors (Lipinski definition) is 1. The third-order valence-corrected chi connectivity index (χ3v) is 3.69. The molecule has 2 rings (SSSR count). The van der Waals surface area contributed by atoms with Gasteiger partial charge in [0.25, 0.3) is 5.91 Å². The molecule has 0 saturated heterocycles. The lowest BCUT2D eigenvalue weighted by Crippen LogP contribution is -2.30. The minimum atomic E-state index is 0.0295. The minimum absolute atomic E-state index is 0.0295. The average molecular weight is 260 g/mol. The molecule has 1 heterocycles. The maximum Gasteiger partial charge on any atom is 0.259 e. The first-order chi connectivity index (χ1) is 8.63. The van der Waals surface area contributed by atoms with E-state index >= 15 is 0 Å². The predicted octanol–water partition coefficient (Wildman–Crippen LogP) is 3.31. The molecule has 0 radical (unpaired) electrons. The van der Waals surface area contributed by atoms with Gasteiger partial charge in [-0.1, -0.05) is 6.07 Å². The highest BCUT2D eigenvalue weighted by molar-refractivity contribution is 7.08. The number of nitrogens with two attached hydrogens (primary N) is 1. The maximum absolute atomic E-state index is 12.5. The molecule has 0 aliphatic carbocycles. The standard InChI is InChI=1S/C14H16N2OS/c1-3-16(12-6-4-5-11(15)7-12)14(17)13-9-18-8-10(13)2/h4-9H,3,15H2,1-2H3. The van der Waals surface area contributed by atoms with Gasteiger partial charge in [0.1, 0.15) is 0 Å². The van der Waals surface area contributed by atoms with Crippen molar-refractivity contribution in [3.8, 4) is 0 Å². The number of benzene rings is 1. The van der Waals surface area contributed by atoms with E-state index in [4.69, 9.17) is 5.73 Å². The van der Waals surface area contributed by atoms with Crippen LogP contribution in [0.15, 0.2) is 35.0 Å². The monoisotopic (exact) mass is 260 g/mol. The molecule has 3 nitrogen and oxygen atoms in total. The van der Waals surface area contributed by atoms with Crippen molar-refractivity contribution in [2.45, 2.75) is 13.8 Å². The van der Waals surface area contributed by atoms with E-state index in [1.54, 1.807) is 16.2 Å². The number of carbonyl (C=O) groups excluding carboxylic acids is 1. The molecular formula is C14H16N2OS. The first-order valence-electron chi connectivity index (χ1n) is 5.83. The Morgan fingerprint density at radius 2 is 2.17 bits per heavy atom. The Balaban J connectivity index is 2.35. The maximum atomic E-state index is 12.5. The van der Waals surface area contributed by atoms with Crippen molar-refractivity contribution >= 4 is 28.6 Å². The van der Waals surface area contributed by atoms with Crippen LogP contribution in [-0.4, -0.2) is 12.5 Å². The normalized spacial score (nSPS) is 10.3. The quantitative estimate of drug-likeness (QED) is 0.861. The molecule has 2 N–H and O–H groups in total. The number of rotatable bonds is 3. The Morgan fingerprint density at radius 1 is 1.39 bits per heavy atom. The Hall–Kier alpha value is -1.81. The fourth-order valence-electron chi connectivity index (χ4n) is 1.86. The van der Waals surface area contributed by atoms with Crippen molar-refractivity contribution in [2.75, 3.05) is 17.2 Å². The van der Waals surface area contributed by atoms with Crippen LogP contribution >= 0.6 is 11.3 Å². The molecule has 0 atom stereocenters. The molecule has 1 aromatic heterocycles. The van der Waals surface area contributed by atoms with E-state index in [9.17, 15) is 4.79 Å². The van der Waals surface area contributed by atoms with Gasteiger partial charge in [0, 0.05) is 23.3 Å². The van der Waals surface area contributed by atoms with Crippen molar-refractivity contribution in [2.24, 2.45) is 0 Å². The fourth-order valence-corrected chi connectivity index (χ4v) is 2.68. The third kappa shape index (κ3) is 2.38. The second-order valence-electron chi connectivity index (χ2n) is 4.11. The second-order valence-corrected chi connectivity index (χ2v) is 4.86. The fraction of sp³-hybridized carbons (Fsp3) is 0.214. The van der Waals surface area contributed by atoms with Gasteiger partial charge < -0.3 is 10.6 Å². The van der Waals surface area contributed by atoms with Gasteiger partial charge in [-0.05, 0) is 43.0 Å². The summed E-state index contributed by atoms with van der Waals surface area (Å²) in [6, 6.07) is 7.40. The van der Waals surface area contributed by atoms with Crippen molar-refractivity contribution < 1.29 is 4.79 Å². The number of aryl methyl sites for hydroxylation is 1. The van der Waals surface area contributed by atoms with E-state index in [1.165, 1.54) is 0 Å². The van der Waals surface area contributed by atoms with Crippen molar-refractivity contribution in [3.05, 3.63) is 46.2 Å². The van der Waals surface area contributed by atoms with E-state index in [-0.39, 0.29) is 5.91 Å². The number of thiophene rings is 1. The van der Waals surface area contributed by atoms with Crippen molar-refractivity contribution in [1.82, 2.24) is 0 Å². The summed E-state index contributed by atoms with van der Waals surface area (Å²) in [7, 11) is 0. The molecule has 1 amide bonds. The smallest absolute Gasteiger partial charge is 0.259 e. The van der Waals surface area contributed by atoms with Gasteiger partial charge in [-0.2, -0.15) is 11.3 Å². The number of anilines is 2. The lowest BCUT2D eigenvalue weighted by molar-refractivity contribution is 0.0988. The van der Waals surface area contributed by atoms with E-state index < -0.39 is 0 Å². The predicted molar refractivity (Wildman–Crippen MR) is 77.3 cm³/mol. The van der Waals surface area contributed by atoms with Crippen LogP contribution < -0.4 is 10.6 Å². The Labute approximate surface area is 111 Å². The van der Waals surface area contributed by atoms with E-state index in [0.29, 0.717) is 12.2 Å². The molecule has 2 aromatic rings. The molecule has 18 heavy (non-hydrogen) atoms. The summed E-state index contributed by atoms with van der Waals surface area (Å²) in [6.45, 7) is 4.54. The molecule has 0 aliphatic heterocycles. The van der Waals surface area contributed by atoms with Crippen molar-refractivity contribution in [3.63, 3.8) is 0 Å². The van der Waals surface area contributed by atoms with Gasteiger partial charge in [0.2, 0.25) is 0 Å². The van der Waals surface area contributed by atoms with E-state index in [2.05, 4.69) is 0 Å². The summed E-state index contributed by atoms with van der Waals surface area (Å²) in [6.07, 6.45) is 0. The number of amides is 1. The lowest BCUT2D eigenvalue weighted by Gasteiger charge is -2.21. The highest BCUT2D eigenvalue weighted by Crippen LogP contribution is 2.22. The molecule has 1 aromatic carbocycles. The number of carbonyl (C=O) groups is 1. The van der Waals surface area contributed by atoms with Crippen LogP contribution in [0, 0.1) is 6.92 Å². The summed E-state index contributed by atoms with van der Waals surface area (Å²) in [5, 5.41) is 3.88. The molecule has 0 fully saturated rings. The highest BCUT2D eigenvalue weighted by Gasteiger charge is 2.18. The first-order valence-corrected chi connectivity index (χ1v) is 6.78. The Kier molecular flexibility index (Phi) is 3.67. The van der Waals surface area contributed by atoms with Gasteiger partial charge in [0.15, 0.2) is 0 Å². The summed E-state index contributed by atoms with van der Waals surface area (Å²) in [4.78, 5) is 14.2. The third-order valence-electron chi connectivity index (χ3n) is 2.83. The van der Waals surface area contributed by atoms with Gasteiger partial charge >= 0.3 is 0 Å². The Morgan fingerprint density at radius 3 is 2.72 bits per heavy atom. The van der Waals surface area contributed by atoms with Crippen LogP contribution in [0.5, 0.6) is 0 Å². The molecule has 0 saturated carbocycles. The van der Waals surface area contributed by atoms with E-state index in [1.807, 2.05) is 48.9 Å². The molecular weight excluding hydrogens is 244 g/mol. The van der Waals surface area contributed by atoms with Crippen LogP contribution in [-0.2, 0) is 0 Å². The summed E-state index contributed by atoms with van der Waals surface area (Å²) in [5.41, 5.74) is 9.06. The largest absolute Gasteiger partial charge is 0.399 e. The summed E-state index contributed by atoms with van der Waals surface area (Å²) in [5.74, 6) is 0.0295. The highest BCUT2D eigenvalue weighted by atomic mass is 32.1. The minimum Gasteiger partial charge on any atom is -0.399 e. The Bertz CT molecular complexity index is 562. The zero-order valence-corrected chi connectivity index (χ0v) is 11.3. The van der Waals surface area contributed by atoms with Crippen LogP contribution in [0.25, 0.3) is 0 Å². The molecule has 0 bridgehead atoms. The second kappa shape index (κ2) is 5.23.